The second-order valence-electron chi connectivity index (χ2n) is 8.54. The fraction of sp³-hybridized carbons (Fsp3) is 0.524. The first-order valence-corrected chi connectivity index (χ1v) is 9.73. The molecule has 0 unspecified atom stereocenters. The molecule has 2 bridgehead atoms. The van der Waals surface area contributed by atoms with Crippen LogP contribution >= 0.6 is 0 Å². The van der Waals surface area contributed by atoms with Crippen LogP contribution in [0, 0.1) is 11.2 Å². The molecule has 0 radical (unpaired) electrons. The molecule has 2 saturated heterocycles. The average Bonchev–Trinajstić information content (AvgIpc) is 3.23. The summed E-state index contributed by atoms with van der Waals surface area (Å²) in [6.45, 7) is 3.08. The largest absolute Gasteiger partial charge is 0.350 e. The third kappa shape index (κ3) is 2.46. The molecule has 27 heavy (non-hydrogen) atoms. The van der Waals surface area contributed by atoms with Gasteiger partial charge in [0.2, 0.25) is 5.76 Å². The van der Waals surface area contributed by atoms with E-state index >= 15 is 0 Å². The van der Waals surface area contributed by atoms with Gasteiger partial charge in [-0.15, -0.1) is 0 Å². The molecule has 0 spiro atoms. The highest BCUT2D eigenvalue weighted by Crippen LogP contribution is 2.53. The fourth-order valence-electron chi connectivity index (χ4n) is 5.82. The van der Waals surface area contributed by atoms with E-state index < -0.39 is 0 Å². The number of carbonyl (C=O) groups is 1. The molecule has 5 nitrogen and oxygen atoms in total. The van der Waals surface area contributed by atoms with Gasteiger partial charge in [-0.05, 0) is 44.9 Å². The Morgan fingerprint density at radius 3 is 2.93 bits per heavy atom. The van der Waals surface area contributed by atoms with Crippen molar-refractivity contribution in [2.45, 2.75) is 50.7 Å². The molecule has 4 atom stereocenters. The lowest BCUT2D eigenvalue weighted by Crippen LogP contribution is -2.57. The first kappa shape index (κ1) is 16.9. The van der Waals surface area contributed by atoms with Crippen LogP contribution in [-0.2, 0) is 0 Å². The standard InChI is InChI=1S/C21H24FN3O2/c1-21-11-15-12-25(19(21)8-4-7-18(21)24(15)2)20(26)17-10-16(23-27-17)13-5-3-6-14(22)9-13/h3,5-6,9-10,15,18-19H,4,7-8,11-12H2,1-2H3/t15-,18-,19+,21-/m0/s1. The van der Waals surface area contributed by atoms with Gasteiger partial charge in [0.1, 0.15) is 11.5 Å². The molecule has 5 rings (SSSR count). The van der Waals surface area contributed by atoms with Gasteiger partial charge in [-0.1, -0.05) is 24.2 Å². The van der Waals surface area contributed by atoms with E-state index in [1.165, 1.54) is 18.6 Å². The Morgan fingerprint density at radius 1 is 1.30 bits per heavy atom. The Balaban J connectivity index is 1.45. The molecule has 1 aromatic heterocycles. The summed E-state index contributed by atoms with van der Waals surface area (Å²) in [5.41, 5.74) is 1.25. The number of likely N-dealkylation sites (N-methyl/N-ethyl adjacent to an activating group) is 1. The molecular formula is C21H24FN3O2. The lowest BCUT2D eigenvalue weighted by molar-refractivity contribution is 0.00920. The molecule has 142 valence electrons. The summed E-state index contributed by atoms with van der Waals surface area (Å²) in [5, 5.41) is 4.01. The van der Waals surface area contributed by atoms with Crippen LogP contribution in [0.5, 0.6) is 0 Å². The second kappa shape index (κ2) is 5.89. The van der Waals surface area contributed by atoms with E-state index in [0.717, 1.165) is 25.8 Å². The van der Waals surface area contributed by atoms with E-state index in [-0.39, 0.29) is 28.9 Å². The zero-order chi connectivity index (χ0) is 18.8. The summed E-state index contributed by atoms with van der Waals surface area (Å²) in [6.07, 6.45) is 4.57. The molecule has 0 N–H and O–H groups in total. The highest BCUT2D eigenvalue weighted by molar-refractivity contribution is 5.93. The molecule has 1 aliphatic carbocycles. The second-order valence-corrected chi connectivity index (χ2v) is 8.54. The number of likely N-dealkylation sites (tertiary alicyclic amines) is 2. The predicted molar refractivity (Wildman–Crippen MR) is 98.6 cm³/mol. The zero-order valence-corrected chi connectivity index (χ0v) is 15.7. The summed E-state index contributed by atoms with van der Waals surface area (Å²) in [5.74, 6) is -0.189. The van der Waals surface area contributed by atoms with E-state index in [1.807, 2.05) is 4.90 Å². The van der Waals surface area contributed by atoms with Crippen molar-refractivity contribution in [3.63, 3.8) is 0 Å². The van der Waals surface area contributed by atoms with Crippen LogP contribution in [-0.4, -0.2) is 52.6 Å². The van der Waals surface area contributed by atoms with Crippen molar-refractivity contribution < 1.29 is 13.7 Å². The number of halogens is 1. The molecule has 2 aliphatic heterocycles. The first-order chi connectivity index (χ1) is 13.0. The van der Waals surface area contributed by atoms with Crippen LogP contribution in [0.2, 0.25) is 0 Å². The van der Waals surface area contributed by atoms with E-state index in [9.17, 15) is 9.18 Å². The summed E-state index contributed by atoms with van der Waals surface area (Å²) in [7, 11) is 2.20. The summed E-state index contributed by atoms with van der Waals surface area (Å²) < 4.78 is 18.9. The van der Waals surface area contributed by atoms with Gasteiger partial charge in [0.25, 0.3) is 5.91 Å². The van der Waals surface area contributed by atoms with Gasteiger partial charge < -0.3 is 9.42 Å². The van der Waals surface area contributed by atoms with Crippen molar-refractivity contribution in [2.24, 2.45) is 5.41 Å². The average molecular weight is 369 g/mol. The van der Waals surface area contributed by atoms with E-state index in [0.29, 0.717) is 23.3 Å². The highest BCUT2D eigenvalue weighted by Gasteiger charge is 2.59. The maximum atomic E-state index is 13.5. The number of hydrogen-bond donors (Lipinski definition) is 0. The third-order valence-corrected chi connectivity index (χ3v) is 7.11. The lowest BCUT2D eigenvalue weighted by atomic mass is 9.66. The van der Waals surface area contributed by atoms with Gasteiger partial charge in [0.05, 0.1) is 0 Å². The van der Waals surface area contributed by atoms with Crippen LogP contribution in [0.15, 0.2) is 34.9 Å². The number of benzene rings is 1. The number of nitrogens with zero attached hydrogens (tertiary/aromatic N) is 3. The molecule has 1 amide bonds. The van der Waals surface area contributed by atoms with Gasteiger partial charge in [0.15, 0.2) is 0 Å². The predicted octanol–water partition coefficient (Wildman–Crippen LogP) is 3.57. The van der Waals surface area contributed by atoms with E-state index in [1.54, 1.807) is 18.2 Å². The van der Waals surface area contributed by atoms with Crippen LogP contribution < -0.4 is 0 Å². The van der Waals surface area contributed by atoms with E-state index in [2.05, 4.69) is 24.0 Å². The number of hydrogen-bond acceptors (Lipinski definition) is 4. The van der Waals surface area contributed by atoms with E-state index in [4.69, 9.17) is 4.52 Å². The summed E-state index contributed by atoms with van der Waals surface area (Å²) >= 11 is 0. The smallest absolute Gasteiger partial charge is 0.292 e. The normalized spacial score (nSPS) is 32.7. The van der Waals surface area contributed by atoms with Gasteiger partial charge >= 0.3 is 0 Å². The quantitative estimate of drug-likeness (QED) is 0.812. The van der Waals surface area contributed by atoms with Crippen molar-refractivity contribution in [3.8, 4) is 11.3 Å². The molecule has 3 aliphatic rings. The van der Waals surface area contributed by atoms with Crippen molar-refractivity contribution in [1.29, 1.82) is 0 Å². The minimum atomic E-state index is -0.333. The van der Waals surface area contributed by atoms with Crippen molar-refractivity contribution in [3.05, 3.63) is 41.9 Å². The van der Waals surface area contributed by atoms with Crippen LogP contribution in [0.4, 0.5) is 4.39 Å². The summed E-state index contributed by atoms with van der Waals surface area (Å²) in [6, 6.07) is 9.01. The molecule has 1 saturated carbocycles. The Morgan fingerprint density at radius 2 is 2.11 bits per heavy atom. The number of amides is 1. The molecule has 6 heteroatoms. The zero-order valence-electron chi connectivity index (χ0n) is 15.7. The van der Waals surface area contributed by atoms with Crippen LogP contribution in [0.25, 0.3) is 11.3 Å². The van der Waals surface area contributed by atoms with Gasteiger partial charge in [0, 0.05) is 41.7 Å². The Hall–Kier alpha value is -2.21. The number of piperidine rings is 1. The maximum Gasteiger partial charge on any atom is 0.292 e. The number of aromatic nitrogens is 1. The fourth-order valence-corrected chi connectivity index (χ4v) is 5.82. The molecule has 3 heterocycles. The highest BCUT2D eigenvalue weighted by atomic mass is 19.1. The topological polar surface area (TPSA) is 49.6 Å². The van der Waals surface area contributed by atoms with Crippen molar-refractivity contribution >= 4 is 5.91 Å². The van der Waals surface area contributed by atoms with Gasteiger partial charge in [-0.2, -0.15) is 0 Å². The SMILES string of the molecule is CN1[C@@H]2CN(C(=O)c3cc(-c4cccc(F)c4)no3)[C@@H]3CCC[C@H]1[C@]3(C)C2. The minimum Gasteiger partial charge on any atom is -0.350 e. The first-order valence-electron chi connectivity index (χ1n) is 9.73. The molecular weight excluding hydrogens is 345 g/mol. The Kier molecular flexibility index (Phi) is 3.69. The third-order valence-electron chi connectivity index (χ3n) is 7.11. The molecule has 2 aromatic rings. The van der Waals surface area contributed by atoms with Crippen LogP contribution in [0.1, 0.15) is 43.2 Å². The maximum absolute atomic E-state index is 13.5. The van der Waals surface area contributed by atoms with Crippen molar-refractivity contribution in [1.82, 2.24) is 15.0 Å². The Bertz CT molecular complexity index is 897. The Labute approximate surface area is 158 Å². The lowest BCUT2D eigenvalue weighted by Gasteiger charge is -2.50. The number of rotatable bonds is 2. The van der Waals surface area contributed by atoms with Gasteiger partial charge in [-0.3, -0.25) is 9.69 Å². The summed E-state index contributed by atoms with van der Waals surface area (Å²) in [4.78, 5) is 17.8. The van der Waals surface area contributed by atoms with Crippen molar-refractivity contribution in [2.75, 3.05) is 13.6 Å². The monoisotopic (exact) mass is 369 g/mol. The van der Waals surface area contributed by atoms with Gasteiger partial charge in [-0.25, -0.2) is 4.39 Å². The number of fused-ring (bicyclic) bond motifs is 1. The molecule has 3 fully saturated rings. The molecule has 1 aromatic carbocycles. The van der Waals surface area contributed by atoms with Crippen LogP contribution in [0.3, 0.4) is 0 Å². The minimum absolute atomic E-state index is 0.0953. The number of carbonyl (C=O) groups excluding carboxylic acids is 1.